The maximum absolute atomic E-state index is 13.1. The second-order valence-electron chi connectivity index (χ2n) is 4.71. The highest BCUT2D eigenvalue weighted by Crippen LogP contribution is 2.42. The molecule has 0 fully saturated rings. The maximum Gasteiger partial charge on any atom is 0.417 e. The number of carbonyl (C=O) groups is 2. The Morgan fingerprint density at radius 3 is 2.59 bits per heavy atom. The zero-order valence-electron chi connectivity index (χ0n) is 11.6. The van der Waals surface area contributed by atoms with Crippen molar-refractivity contribution in [2.75, 3.05) is 7.11 Å². The van der Waals surface area contributed by atoms with Gasteiger partial charge in [-0.25, -0.2) is 4.79 Å². The molecule has 116 valence electrons. The Bertz CT molecular complexity index is 679. The molecule has 0 saturated carbocycles. The van der Waals surface area contributed by atoms with Crippen molar-refractivity contribution in [3.05, 3.63) is 34.9 Å². The normalized spacial score (nSPS) is 18.6. The quantitative estimate of drug-likeness (QED) is 0.786. The second kappa shape index (κ2) is 5.33. The minimum absolute atomic E-state index is 0.0573. The fourth-order valence-corrected chi connectivity index (χ4v) is 2.48. The van der Waals surface area contributed by atoms with Crippen LogP contribution < -0.4 is 0 Å². The van der Waals surface area contributed by atoms with Crippen LogP contribution in [-0.4, -0.2) is 29.9 Å². The summed E-state index contributed by atoms with van der Waals surface area (Å²) in [5, 5.41) is 9.22. The molecule has 5 nitrogen and oxygen atoms in total. The molecule has 1 aromatic carbocycles. The van der Waals surface area contributed by atoms with Crippen molar-refractivity contribution in [2.45, 2.75) is 25.2 Å². The van der Waals surface area contributed by atoms with Gasteiger partial charge in [-0.05, 0) is 13.0 Å². The fourth-order valence-electron chi connectivity index (χ4n) is 2.48. The van der Waals surface area contributed by atoms with Gasteiger partial charge >= 0.3 is 12.1 Å². The molecule has 1 aliphatic rings. The van der Waals surface area contributed by atoms with E-state index in [0.717, 1.165) is 24.1 Å². The van der Waals surface area contributed by atoms with Crippen molar-refractivity contribution in [1.29, 1.82) is 5.26 Å². The summed E-state index contributed by atoms with van der Waals surface area (Å²) in [6, 6.07) is 2.52. The van der Waals surface area contributed by atoms with E-state index in [9.17, 15) is 28.0 Å². The van der Waals surface area contributed by atoms with Gasteiger partial charge in [0.05, 0.1) is 24.3 Å². The van der Waals surface area contributed by atoms with E-state index in [1.165, 1.54) is 13.0 Å². The Hall–Kier alpha value is -2.56. The smallest absolute Gasteiger partial charge is 0.417 e. The number of hydrogen-bond donors (Lipinski definition) is 0. The van der Waals surface area contributed by atoms with E-state index >= 15 is 0 Å². The maximum atomic E-state index is 13.1. The van der Waals surface area contributed by atoms with Gasteiger partial charge in [0.15, 0.2) is 0 Å². The Balaban J connectivity index is 2.60. The third kappa shape index (κ3) is 2.28. The molecule has 8 heteroatoms. The number of carbonyl (C=O) groups excluding carboxylic acids is 2. The van der Waals surface area contributed by atoms with Gasteiger partial charge in [0.1, 0.15) is 12.1 Å². The van der Waals surface area contributed by atoms with Crippen LogP contribution in [0.5, 0.6) is 0 Å². The molecule has 0 radical (unpaired) electrons. The summed E-state index contributed by atoms with van der Waals surface area (Å²) >= 11 is 0. The first-order valence-corrected chi connectivity index (χ1v) is 6.24. The van der Waals surface area contributed by atoms with Gasteiger partial charge in [0.2, 0.25) is 0 Å². The van der Waals surface area contributed by atoms with Crippen molar-refractivity contribution < 1.29 is 27.5 Å². The van der Waals surface area contributed by atoms with E-state index in [-0.39, 0.29) is 5.56 Å². The number of esters is 1. The largest absolute Gasteiger partial charge is 0.467 e. The summed E-state index contributed by atoms with van der Waals surface area (Å²) in [7, 11) is 1.09. The van der Waals surface area contributed by atoms with Gasteiger partial charge in [-0.15, -0.1) is 0 Å². The molecule has 1 aromatic rings. The van der Waals surface area contributed by atoms with Crippen LogP contribution in [0.15, 0.2) is 18.2 Å². The third-order valence-corrected chi connectivity index (χ3v) is 3.51. The number of alkyl halides is 3. The van der Waals surface area contributed by atoms with Gasteiger partial charge < -0.3 is 9.64 Å². The third-order valence-electron chi connectivity index (χ3n) is 3.51. The number of nitrogens with zero attached hydrogens (tertiary/aromatic N) is 2. The zero-order chi connectivity index (χ0) is 16.7. The Labute approximate surface area is 123 Å². The van der Waals surface area contributed by atoms with Crippen molar-refractivity contribution >= 4 is 11.9 Å². The average molecular weight is 312 g/mol. The molecule has 0 aromatic heterocycles. The van der Waals surface area contributed by atoms with E-state index in [1.807, 2.05) is 0 Å². The molecule has 1 heterocycles. The SMILES string of the molecule is COC(=O)C(C)N1C(=O)c2c(cccc2C(F)(F)F)C1C#N. The van der Waals surface area contributed by atoms with Gasteiger partial charge in [0, 0.05) is 5.56 Å². The summed E-state index contributed by atoms with van der Waals surface area (Å²) < 4.78 is 43.7. The standard InChI is InChI=1S/C14H11F3N2O3/c1-7(13(21)22-2)19-10(6-18)8-4-3-5-9(14(15,16)17)11(8)12(19)20/h3-5,7,10H,1-2H3. The number of benzene rings is 1. The van der Waals surface area contributed by atoms with Crippen LogP contribution in [-0.2, 0) is 15.7 Å². The molecule has 1 aliphatic heterocycles. The van der Waals surface area contributed by atoms with E-state index in [2.05, 4.69) is 4.74 Å². The number of rotatable bonds is 2. The number of methoxy groups -OCH3 is 1. The van der Waals surface area contributed by atoms with Crippen LogP contribution in [0.4, 0.5) is 13.2 Å². The molecular weight excluding hydrogens is 301 g/mol. The summed E-state index contributed by atoms with van der Waals surface area (Å²) in [6.07, 6.45) is -4.73. The molecule has 0 saturated heterocycles. The molecule has 0 bridgehead atoms. The number of halogens is 3. The lowest BCUT2D eigenvalue weighted by atomic mass is 9.99. The minimum atomic E-state index is -4.73. The number of hydrogen-bond acceptors (Lipinski definition) is 4. The van der Waals surface area contributed by atoms with Crippen LogP contribution in [0.1, 0.15) is 34.5 Å². The van der Waals surface area contributed by atoms with Crippen molar-refractivity contribution in [2.24, 2.45) is 0 Å². The molecule has 0 aliphatic carbocycles. The average Bonchev–Trinajstić information content (AvgIpc) is 2.77. The number of fused-ring (bicyclic) bond motifs is 1. The van der Waals surface area contributed by atoms with Crippen LogP contribution in [0.2, 0.25) is 0 Å². The van der Waals surface area contributed by atoms with Crippen molar-refractivity contribution in [3.63, 3.8) is 0 Å². The predicted molar refractivity (Wildman–Crippen MR) is 67.4 cm³/mol. The molecule has 22 heavy (non-hydrogen) atoms. The lowest BCUT2D eigenvalue weighted by Crippen LogP contribution is -2.42. The van der Waals surface area contributed by atoms with Crippen LogP contribution >= 0.6 is 0 Å². The van der Waals surface area contributed by atoms with E-state index in [0.29, 0.717) is 0 Å². The van der Waals surface area contributed by atoms with Crippen LogP contribution in [0.3, 0.4) is 0 Å². The summed E-state index contributed by atoms with van der Waals surface area (Å²) in [6.45, 7) is 1.30. The molecule has 2 rings (SSSR count). The van der Waals surface area contributed by atoms with Gasteiger partial charge in [-0.1, -0.05) is 12.1 Å². The Kier molecular flexibility index (Phi) is 3.83. The lowest BCUT2D eigenvalue weighted by molar-refractivity contribution is -0.145. The molecule has 0 spiro atoms. The molecule has 2 atom stereocenters. The Morgan fingerprint density at radius 1 is 1.45 bits per heavy atom. The summed E-state index contributed by atoms with van der Waals surface area (Å²) in [5.41, 5.74) is -1.76. The minimum Gasteiger partial charge on any atom is -0.467 e. The zero-order valence-corrected chi connectivity index (χ0v) is 11.6. The van der Waals surface area contributed by atoms with Gasteiger partial charge in [0.25, 0.3) is 5.91 Å². The first kappa shape index (κ1) is 15.8. The lowest BCUT2D eigenvalue weighted by Gasteiger charge is -2.25. The molecular formula is C14H11F3N2O3. The highest BCUT2D eigenvalue weighted by atomic mass is 19.4. The number of nitriles is 1. The van der Waals surface area contributed by atoms with Crippen LogP contribution in [0, 0.1) is 11.3 Å². The first-order chi connectivity index (χ1) is 10.2. The first-order valence-electron chi connectivity index (χ1n) is 6.24. The monoisotopic (exact) mass is 312 g/mol. The highest BCUT2D eigenvalue weighted by molar-refractivity contribution is 6.03. The van der Waals surface area contributed by atoms with Gasteiger partial charge in [-0.2, -0.15) is 18.4 Å². The van der Waals surface area contributed by atoms with Crippen molar-refractivity contribution in [1.82, 2.24) is 4.90 Å². The van der Waals surface area contributed by atoms with E-state index < -0.39 is 41.3 Å². The predicted octanol–water partition coefficient (Wildman–Crippen LogP) is 2.29. The van der Waals surface area contributed by atoms with Crippen LogP contribution in [0.25, 0.3) is 0 Å². The molecule has 0 N–H and O–H groups in total. The molecule has 1 amide bonds. The summed E-state index contributed by atoms with van der Waals surface area (Å²) in [4.78, 5) is 24.8. The number of ether oxygens (including phenoxy) is 1. The molecule has 2 unspecified atom stereocenters. The van der Waals surface area contributed by atoms with Crippen molar-refractivity contribution in [3.8, 4) is 6.07 Å². The topological polar surface area (TPSA) is 70.4 Å². The highest BCUT2D eigenvalue weighted by Gasteiger charge is 2.47. The van der Waals surface area contributed by atoms with E-state index in [4.69, 9.17) is 0 Å². The van der Waals surface area contributed by atoms with E-state index in [1.54, 1.807) is 6.07 Å². The Morgan fingerprint density at radius 2 is 2.09 bits per heavy atom. The second-order valence-corrected chi connectivity index (χ2v) is 4.71. The van der Waals surface area contributed by atoms with Gasteiger partial charge in [-0.3, -0.25) is 4.79 Å². The fraction of sp³-hybridized carbons (Fsp3) is 0.357. The summed E-state index contributed by atoms with van der Waals surface area (Å²) in [5.74, 6) is -1.82. The number of amides is 1.